The number of benzene rings is 2. The van der Waals surface area contributed by atoms with Gasteiger partial charge in [0.05, 0.1) is 11.6 Å². The minimum Gasteiger partial charge on any atom is -0.490 e. The summed E-state index contributed by atoms with van der Waals surface area (Å²) < 4.78 is 26.4. The lowest BCUT2D eigenvalue weighted by Gasteiger charge is -2.14. The van der Waals surface area contributed by atoms with Crippen molar-refractivity contribution < 1.29 is 13.9 Å². The van der Waals surface area contributed by atoms with Gasteiger partial charge in [0.15, 0.2) is 11.5 Å². The van der Waals surface area contributed by atoms with Gasteiger partial charge in [-0.3, -0.25) is 0 Å². The molecule has 0 aliphatic heterocycles. The topological polar surface area (TPSA) is 74.1 Å². The fourth-order valence-corrected chi connectivity index (χ4v) is 3.60. The number of nitrogens with zero attached hydrogens (tertiary/aromatic N) is 4. The molecule has 10 heteroatoms. The van der Waals surface area contributed by atoms with Gasteiger partial charge in [-0.15, -0.1) is 5.10 Å². The van der Waals surface area contributed by atoms with Crippen LogP contribution < -0.4 is 14.8 Å². The Morgan fingerprint density at radius 3 is 2.77 bits per heavy atom. The predicted octanol–water partition coefficient (Wildman–Crippen LogP) is 3.86. The number of thioether (sulfide) groups is 1. The second-order valence-corrected chi connectivity index (χ2v) is 7.82. The van der Waals surface area contributed by atoms with Crippen molar-refractivity contribution >= 4 is 23.4 Å². The summed E-state index contributed by atoms with van der Waals surface area (Å²) in [6, 6.07) is 10.1. The number of aromatic nitrogens is 4. The molecular weight excluding hydrogens is 429 g/mol. The summed E-state index contributed by atoms with van der Waals surface area (Å²) in [5.41, 5.74) is 1.79. The minimum absolute atomic E-state index is 0.227. The molecule has 0 unspecified atom stereocenters. The predicted molar refractivity (Wildman–Crippen MR) is 115 cm³/mol. The number of halogens is 2. The van der Waals surface area contributed by atoms with E-state index in [0.717, 1.165) is 23.0 Å². The Hall–Kier alpha value is -2.36. The van der Waals surface area contributed by atoms with Gasteiger partial charge in [-0.05, 0) is 47.2 Å². The van der Waals surface area contributed by atoms with Crippen LogP contribution >= 0.6 is 23.4 Å². The van der Waals surface area contributed by atoms with Crippen LogP contribution in [0.3, 0.4) is 0 Å². The first-order chi connectivity index (χ1) is 14.6. The van der Waals surface area contributed by atoms with E-state index in [1.807, 2.05) is 32.2 Å². The van der Waals surface area contributed by atoms with Crippen LogP contribution in [0.4, 0.5) is 4.39 Å². The lowest BCUT2D eigenvalue weighted by atomic mass is 10.2. The standard InChI is InChI=1S/C20H23ClFN5O2S/c1-3-28-19-10-14(12-23-8-9-30-20-24-25-26-27(20)2)4-7-18(19)29-13-15-5-6-16(22)11-17(15)21/h4-7,10-11,23H,3,8-9,12-13H2,1-2H3. The molecule has 1 heterocycles. The first kappa shape index (κ1) is 22.3. The molecule has 0 atom stereocenters. The SMILES string of the molecule is CCOc1cc(CNCCSc2nnnn2C)ccc1OCc1ccc(F)cc1Cl. The van der Waals surface area contributed by atoms with Crippen LogP contribution in [0.15, 0.2) is 41.6 Å². The van der Waals surface area contributed by atoms with E-state index >= 15 is 0 Å². The molecule has 0 aliphatic carbocycles. The Labute approximate surface area is 183 Å². The Kier molecular flexibility index (Phi) is 8.30. The Morgan fingerprint density at radius 1 is 1.17 bits per heavy atom. The van der Waals surface area contributed by atoms with Crippen molar-refractivity contribution in [1.29, 1.82) is 0 Å². The normalized spacial score (nSPS) is 10.9. The lowest BCUT2D eigenvalue weighted by Crippen LogP contribution is -2.17. The molecule has 3 aromatic rings. The molecule has 7 nitrogen and oxygen atoms in total. The van der Waals surface area contributed by atoms with E-state index in [1.165, 1.54) is 12.1 Å². The Balaban J connectivity index is 1.52. The molecule has 30 heavy (non-hydrogen) atoms. The van der Waals surface area contributed by atoms with Crippen molar-refractivity contribution in [3.63, 3.8) is 0 Å². The highest BCUT2D eigenvalue weighted by molar-refractivity contribution is 7.99. The van der Waals surface area contributed by atoms with E-state index in [0.29, 0.717) is 35.2 Å². The van der Waals surface area contributed by atoms with Crippen molar-refractivity contribution in [2.75, 3.05) is 18.9 Å². The van der Waals surface area contributed by atoms with E-state index < -0.39 is 0 Å². The smallest absolute Gasteiger partial charge is 0.209 e. The number of hydrogen-bond donors (Lipinski definition) is 1. The Bertz CT molecular complexity index is 972. The molecule has 0 aliphatic rings. The van der Waals surface area contributed by atoms with Gasteiger partial charge in [0.1, 0.15) is 12.4 Å². The molecule has 3 rings (SSSR count). The summed E-state index contributed by atoms with van der Waals surface area (Å²) in [6.07, 6.45) is 0. The van der Waals surface area contributed by atoms with E-state index in [1.54, 1.807) is 22.5 Å². The molecule has 0 radical (unpaired) electrons. The third-order valence-corrected chi connectivity index (χ3v) is 5.49. The van der Waals surface area contributed by atoms with Gasteiger partial charge >= 0.3 is 0 Å². The molecule has 0 bridgehead atoms. The zero-order valence-electron chi connectivity index (χ0n) is 16.8. The lowest BCUT2D eigenvalue weighted by molar-refractivity contribution is 0.269. The van der Waals surface area contributed by atoms with Gasteiger partial charge < -0.3 is 14.8 Å². The van der Waals surface area contributed by atoms with E-state index in [4.69, 9.17) is 21.1 Å². The average molecular weight is 452 g/mol. The number of nitrogens with one attached hydrogen (secondary N) is 1. The molecule has 1 N–H and O–H groups in total. The summed E-state index contributed by atoms with van der Waals surface area (Å²) in [5.74, 6) is 1.76. The van der Waals surface area contributed by atoms with Crippen LogP contribution in [-0.2, 0) is 20.2 Å². The summed E-state index contributed by atoms with van der Waals surface area (Å²) in [4.78, 5) is 0. The molecule has 0 saturated heterocycles. The highest BCUT2D eigenvalue weighted by Crippen LogP contribution is 2.30. The van der Waals surface area contributed by atoms with Gasteiger partial charge in [-0.25, -0.2) is 9.07 Å². The summed E-state index contributed by atoms with van der Waals surface area (Å²) in [5, 5.41) is 15.9. The van der Waals surface area contributed by atoms with Crippen molar-refractivity contribution in [3.8, 4) is 11.5 Å². The van der Waals surface area contributed by atoms with E-state index in [2.05, 4.69) is 20.8 Å². The van der Waals surface area contributed by atoms with Gasteiger partial charge in [-0.2, -0.15) is 0 Å². The third-order valence-electron chi connectivity index (χ3n) is 4.13. The van der Waals surface area contributed by atoms with Crippen LogP contribution in [0.1, 0.15) is 18.1 Å². The Morgan fingerprint density at radius 2 is 2.03 bits per heavy atom. The quantitative estimate of drug-likeness (QED) is 0.350. The van der Waals surface area contributed by atoms with Crippen molar-refractivity contribution in [3.05, 3.63) is 58.4 Å². The van der Waals surface area contributed by atoms with Gasteiger partial charge in [0, 0.05) is 31.5 Å². The number of hydrogen-bond acceptors (Lipinski definition) is 7. The second kappa shape index (κ2) is 11.1. The first-order valence-corrected chi connectivity index (χ1v) is 10.8. The zero-order chi connectivity index (χ0) is 21.3. The van der Waals surface area contributed by atoms with Gasteiger partial charge in [0.2, 0.25) is 5.16 Å². The van der Waals surface area contributed by atoms with E-state index in [9.17, 15) is 4.39 Å². The highest BCUT2D eigenvalue weighted by Gasteiger charge is 2.09. The molecule has 0 amide bonds. The maximum Gasteiger partial charge on any atom is 0.209 e. The molecule has 0 spiro atoms. The van der Waals surface area contributed by atoms with Crippen LogP contribution in [-0.4, -0.2) is 39.1 Å². The summed E-state index contributed by atoms with van der Waals surface area (Å²) in [6.45, 7) is 4.17. The number of ether oxygens (including phenoxy) is 2. The van der Waals surface area contributed by atoms with Gasteiger partial charge in [-0.1, -0.05) is 35.5 Å². The number of rotatable bonds is 11. The summed E-state index contributed by atoms with van der Waals surface area (Å²) >= 11 is 7.67. The summed E-state index contributed by atoms with van der Waals surface area (Å²) in [7, 11) is 1.82. The number of tetrazole rings is 1. The van der Waals surface area contributed by atoms with Crippen molar-refractivity contribution in [2.24, 2.45) is 7.05 Å². The second-order valence-electron chi connectivity index (χ2n) is 6.35. The maximum absolute atomic E-state index is 13.2. The molecule has 0 saturated carbocycles. The largest absolute Gasteiger partial charge is 0.490 e. The van der Waals surface area contributed by atoms with Crippen molar-refractivity contribution in [1.82, 2.24) is 25.5 Å². The molecule has 160 valence electrons. The van der Waals surface area contributed by atoms with Crippen LogP contribution in [0.25, 0.3) is 0 Å². The fraction of sp³-hybridized carbons (Fsp3) is 0.350. The molecule has 0 fully saturated rings. The molecule has 1 aromatic heterocycles. The fourth-order valence-electron chi connectivity index (χ4n) is 2.63. The number of aryl methyl sites for hydroxylation is 1. The van der Waals surface area contributed by atoms with Crippen LogP contribution in [0.5, 0.6) is 11.5 Å². The van der Waals surface area contributed by atoms with E-state index in [-0.39, 0.29) is 12.4 Å². The van der Waals surface area contributed by atoms with Gasteiger partial charge in [0.25, 0.3) is 0 Å². The average Bonchev–Trinajstić information content (AvgIpc) is 3.13. The zero-order valence-corrected chi connectivity index (χ0v) is 18.3. The maximum atomic E-state index is 13.2. The van der Waals surface area contributed by atoms with Crippen molar-refractivity contribution in [2.45, 2.75) is 25.2 Å². The molecular formula is C20H23ClFN5O2S. The first-order valence-electron chi connectivity index (χ1n) is 9.45. The monoisotopic (exact) mass is 451 g/mol. The van der Waals surface area contributed by atoms with Crippen LogP contribution in [0, 0.1) is 5.82 Å². The van der Waals surface area contributed by atoms with Crippen LogP contribution in [0.2, 0.25) is 5.02 Å². The minimum atomic E-state index is -0.373. The third kappa shape index (κ3) is 6.32. The highest BCUT2D eigenvalue weighted by atomic mass is 35.5. The molecule has 2 aromatic carbocycles.